The molecule has 1 aromatic carbocycles. The zero-order valence-corrected chi connectivity index (χ0v) is 10.4. The topological polar surface area (TPSA) is 44.5 Å². The van der Waals surface area contributed by atoms with Gasteiger partial charge in [-0.2, -0.15) is 0 Å². The molecule has 0 bridgehead atoms. The molecule has 0 amide bonds. The smallest absolute Gasteiger partial charge is 0.123 e. The van der Waals surface area contributed by atoms with E-state index in [0.717, 1.165) is 11.1 Å². The van der Waals surface area contributed by atoms with Crippen LogP contribution in [0.1, 0.15) is 25.0 Å². The van der Waals surface area contributed by atoms with Gasteiger partial charge in [0, 0.05) is 6.54 Å². The van der Waals surface area contributed by atoms with Gasteiger partial charge in [-0.1, -0.05) is 6.07 Å². The van der Waals surface area contributed by atoms with Crippen molar-refractivity contribution in [3.8, 4) is 0 Å². The Morgan fingerprint density at radius 1 is 1.24 bits per heavy atom. The third-order valence-corrected chi connectivity index (χ3v) is 2.32. The van der Waals surface area contributed by atoms with Gasteiger partial charge >= 0.3 is 0 Å². The fourth-order valence-electron chi connectivity index (χ4n) is 1.45. The van der Waals surface area contributed by atoms with Crippen LogP contribution in [-0.2, 0) is 22.6 Å². The van der Waals surface area contributed by atoms with Crippen LogP contribution < -0.4 is 5.73 Å². The number of hydrogen-bond acceptors (Lipinski definition) is 3. The van der Waals surface area contributed by atoms with Gasteiger partial charge in [-0.3, -0.25) is 0 Å². The molecule has 0 aromatic heterocycles. The second kappa shape index (κ2) is 7.37. The van der Waals surface area contributed by atoms with Crippen molar-refractivity contribution in [3.63, 3.8) is 0 Å². The highest BCUT2D eigenvalue weighted by Gasteiger charge is 2.03. The Kier molecular flexibility index (Phi) is 6.11. The van der Waals surface area contributed by atoms with E-state index in [1.807, 2.05) is 13.8 Å². The van der Waals surface area contributed by atoms with Crippen molar-refractivity contribution in [1.82, 2.24) is 0 Å². The van der Waals surface area contributed by atoms with E-state index in [1.54, 1.807) is 6.07 Å². The van der Waals surface area contributed by atoms with Gasteiger partial charge in [0.15, 0.2) is 0 Å². The number of halogens is 1. The molecule has 96 valence electrons. The SMILES string of the molecule is CC(C)OCCOCc1ccc(F)cc1CN. The van der Waals surface area contributed by atoms with Crippen molar-refractivity contribution < 1.29 is 13.9 Å². The van der Waals surface area contributed by atoms with E-state index >= 15 is 0 Å². The maximum absolute atomic E-state index is 12.9. The van der Waals surface area contributed by atoms with Gasteiger partial charge in [0.05, 0.1) is 25.9 Å². The molecule has 0 spiro atoms. The Morgan fingerprint density at radius 3 is 2.65 bits per heavy atom. The van der Waals surface area contributed by atoms with Crippen molar-refractivity contribution >= 4 is 0 Å². The number of rotatable bonds is 7. The molecular formula is C13H20FNO2. The fourth-order valence-corrected chi connectivity index (χ4v) is 1.45. The van der Waals surface area contributed by atoms with Gasteiger partial charge in [0.1, 0.15) is 5.82 Å². The first-order valence-electron chi connectivity index (χ1n) is 5.80. The van der Waals surface area contributed by atoms with Crippen molar-refractivity contribution in [2.75, 3.05) is 13.2 Å². The van der Waals surface area contributed by atoms with Gasteiger partial charge in [-0.15, -0.1) is 0 Å². The average molecular weight is 241 g/mol. The Labute approximate surface area is 102 Å². The number of benzene rings is 1. The van der Waals surface area contributed by atoms with Gasteiger partial charge < -0.3 is 15.2 Å². The summed E-state index contributed by atoms with van der Waals surface area (Å²) in [5.41, 5.74) is 7.26. The zero-order chi connectivity index (χ0) is 12.7. The lowest BCUT2D eigenvalue weighted by Gasteiger charge is -2.10. The minimum atomic E-state index is -0.266. The summed E-state index contributed by atoms with van der Waals surface area (Å²) in [6.45, 7) is 5.81. The van der Waals surface area contributed by atoms with Crippen LogP contribution in [0.5, 0.6) is 0 Å². The van der Waals surface area contributed by atoms with Crippen LogP contribution in [-0.4, -0.2) is 19.3 Å². The third-order valence-electron chi connectivity index (χ3n) is 2.32. The lowest BCUT2D eigenvalue weighted by molar-refractivity contribution is 0.0141. The molecule has 0 aliphatic heterocycles. The molecule has 0 unspecified atom stereocenters. The van der Waals surface area contributed by atoms with Crippen LogP contribution in [0.3, 0.4) is 0 Å². The van der Waals surface area contributed by atoms with E-state index in [-0.39, 0.29) is 11.9 Å². The summed E-state index contributed by atoms with van der Waals surface area (Å²) < 4.78 is 23.7. The van der Waals surface area contributed by atoms with Gasteiger partial charge in [-0.05, 0) is 37.1 Å². The van der Waals surface area contributed by atoms with E-state index in [2.05, 4.69) is 0 Å². The molecular weight excluding hydrogens is 221 g/mol. The minimum Gasteiger partial charge on any atom is -0.376 e. The highest BCUT2D eigenvalue weighted by molar-refractivity contribution is 5.27. The van der Waals surface area contributed by atoms with Crippen LogP contribution in [0.15, 0.2) is 18.2 Å². The number of hydrogen-bond donors (Lipinski definition) is 1. The molecule has 1 aromatic rings. The van der Waals surface area contributed by atoms with Crippen LogP contribution in [0.2, 0.25) is 0 Å². The molecule has 0 saturated carbocycles. The highest BCUT2D eigenvalue weighted by atomic mass is 19.1. The second-order valence-electron chi connectivity index (χ2n) is 4.09. The minimum absolute atomic E-state index is 0.212. The molecule has 0 aliphatic rings. The quantitative estimate of drug-likeness (QED) is 0.744. The summed E-state index contributed by atoms with van der Waals surface area (Å²) in [5.74, 6) is -0.266. The summed E-state index contributed by atoms with van der Waals surface area (Å²) in [6, 6.07) is 4.58. The Hall–Kier alpha value is -0.970. The normalized spacial score (nSPS) is 11.1. The Balaban J connectivity index is 2.36. The third kappa shape index (κ3) is 5.26. The summed E-state index contributed by atoms with van der Waals surface area (Å²) in [4.78, 5) is 0. The molecule has 1 rings (SSSR count). The monoisotopic (exact) mass is 241 g/mol. The first-order valence-corrected chi connectivity index (χ1v) is 5.80. The molecule has 17 heavy (non-hydrogen) atoms. The molecule has 0 atom stereocenters. The number of ether oxygens (including phenoxy) is 2. The summed E-state index contributed by atoms with van der Waals surface area (Å²) in [7, 11) is 0. The first-order chi connectivity index (χ1) is 8.13. The van der Waals surface area contributed by atoms with Crippen molar-refractivity contribution in [3.05, 3.63) is 35.1 Å². The van der Waals surface area contributed by atoms with E-state index in [4.69, 9.17) is 15.2 Å². The van der Waals surface area contributed by atoms with Crippen molar-refractivity contribution in [2.45, 2.75) is 33.1 Å². The summed E-state index contributed by atoms with van der Waals surface area (Å²) in [6.07, 6.45) is 0.212. The molecule has 0 aliphatic carbocycles. The van der Waals surface area contributed by atoms with Gasteiger partial charge in [0.25, 0.3) is 0 Å². The Bertz CT molecular complexity index is 342. The van der Waals surface area contributed by atoms with E-state index in [0.29, 0.717) is 26.4 Å². The Morgan fingerprint density at radius 2 is 2.00 bits per heavy atom. The summed E-state index contributed by atoms with van der Waals surface area (Å²) >= 11 is 0. The molecule has 0 radical (unpaired) electrons. The molecule has 0 fully saturated rings. The molecule has 3 nitrogen and oxygen atoms in total. The van der Waals surface area contributed by atoms with E-state index in [9.17, 15) is 4.39 Å². The lowest BCUT2D eigenvalue weighted by Crippen LogP contribution is -2.10. The van der Waals surface area contributed by atoms with Gasteiger partial charge in [0.2, 0.25) is 0 Å². The highest BCUT2D eigenvalue weighted by Crippen LogP contribution is 2.12. The fraction of sp³-hybridized carbons (Fsp3) is 0.538. The van der Waals surface area contributed by atoms with Gasteiger partial charge in [-0.25, -0.2) is 4.39 Å². The maximum atomic E-state index is 12.9. The standard InChI is InChI=1S/C13H20FNO2/c1-10(2)17-6-5-16-9-11-3-4-13(14)7-12(11)8-15/h3-4,7,10H,5-6,8-9,15H2,1-2H3. The number of nitrogens with two attached hydrogens (primary N) is 1. The molecule has 0 heterocycles. The maximum Gasteiger partial charge on any atom is 0.123 e. The second-order valence-corrected chi connectivity index (χ2v) is 4.09. The summed E-state index contributed by atoms with van der Waals surface area (Å²) in [5, 5.41) is 0. The van der Waals surface area contributed by atoms with Crippen LogP contribution in [0.25, 0.3) is 0 Å². The van der Waals surface area contributed by atoms with E-state index in [1.165, 1.54) is 12.1 Å². The molecule has 0 saturated heterocycles. The van der Waals surface area contributed by atoms with E-state index < -0.39 is 0 Å². The molecule has 2 N–H and O–H groups in total. The predicted molar refractivity (Wildman–Crippen MR) is 65.0 cm³/mol. The first kappa shape index (κ1) is 14.1. The predicted octanol–water partition coefficient (Wildman–Crippen LogP) is 2.23. The lowest BCUT2D eigenvalue weighted by atomic mass is 10.1. The zero-order valence-electron chi connectivity index (χ0n) is 10.4. The van der Waals surface area contributed by atoms with Crippen LogP contribution in [0.4, 0.5) is 4.39 Å². The van der Waals surface area contributed by atoms with Crippen molar-refractivity contribution in [2.24, 2.45) is 5.73 Å². The largest absolute Gasteiger partial charge is 0.376 e. The molecule has 4 heteroatoms. The van der Waals surface area contributed by atoms with Crippen LogP contribution >= 0.6 is 0 Å². The van der Waals surface area contributed by atoms with Crippen LogP contribution in [0, 0.1) is 5.82 Å². The van der Waals surface area contributed by atoms with Crippen molar-refractivity contribution in [1.29, 1.82) is 0 Å². The average Bonchev–Trinajstić information content (AvgIpc) is 2.29.